The molecule has 0 aromatic heterocycles. The molecule has 2 N–H and O–H groups in total. The summed E-state index contributed by atoms with van der Waals surface area (Å²) in [5.41, 5.74) is 1.51. The summed E-state index contributed by atoms with van der Waals surface area (Å²) in [6.07, 6.45) is 0. The molecular formula is C18H18N2O3. The number of amides is 2. The Kier molecular flexibility index (Phi) is 5.63. The van der Waals surface area contributed by atoms with Crippen LogP contribution < -0.4 is 10.6 Å². The smallest absolute Gasteiger partial charge is 0.251 e. The van der Waals surface area contributed by atoms with Crippen molar-refractivity contribution in [2.45, 2.75) is 6.92 Å². The summed E-state index contributed by atoms with van der Waals surface area (Å²) in [4.78, 5) is 35.5. The summed E-state index contributed by atoms with van der Waals surface area (Å²) in [5, 5.41) is 5.12. The fraction of sp³-hybridized carbons (Fsp3) is 0.167. The van der Waals surface area contributed by atoms with Gasteiger partial charge in [0.1, 0.15) is 0 Å². The van der Waals surface area contributed by atoms with Crippen LogP contribution in [0.25, 0.3) is 0 Å². The topological polar surface area (TPSA) is 75.3 Å². The van der Waals surface area contributed by atoms with Crippen molar-refractivity contribution in [2.24, 2.45) is 0 Å². The molecule has 0 saturated heterocycles. The maximum Gasteiger partial charge on any atom is 0.251 e. The zero-order chi connectivity index (χ0) is 16.7. The van der Waals surface area contributed by atoms with Crippen LogP contribution in [0.3, 0.4) is 0 Å². The number of carbonyl (C=O) groups excluding carboxylic acids is 3. The van der Waals surface area contributed by atoms with Crippen LogP contribution in [0.15, 0.2) is 54.6 Å². The Labute approximate surface area is 134 Å². The van der Waals surface area contributed by atoms with E-state index in [-0.39, 0.29) is 24.1 Å². The van der Waals surface area contributed by atoms with E-state index in [2.05, 4.69) is 10.6 Å². The number of ketones is 1. The molecule has 23 heavy (non-hydrogen) atoms. The molecule has 0 fully saturated rings. The van der Waals surface area contributed by atoms with E-state index in [0.29, 0.717) is 23.2 Å². The fourth-order valence-electron chi connectivity index (χ4n) is 2.05. The first kappa shape index (κ1) is 16.4. The Balaban J connectivity index is 2.00. The summed E-state index contributed by atoms with van der Waals surface area (Å²) in [5.74, 6) is -0.688. The van der Waals surface area contributed by atoms with E-state index in [0.717, 1.165) is 0 Å². The molecule has 2 aromatic carbocycles. The van der Waals surface area contributed by atoms with E-state index in [1.165, 1.54) is 0 Å². The minimum Gasteiger partial charge on any atom is -0.355 e. The average Bonchev–Trinajstić information content (AvgIpc) is 2.60. The molecule has 0 saturated carbocycles. The second-order valence-corrected chi connectivity index (χ2v) is 4.91. The van der Waals surface area contributed by atoms with E-state index in [1.807, 2.05) is 13.0 Å². The van der Waals surface area contributed by atoms with Crippen LogP contribution in [0.5, 0.6) is 0 Å². The minimum atomic E-state index is -0.352. The second-order valence-electron chi connectivity index (χ2n) is 4.91. The lowest BCUT2D eigenvalue weighted by atomic mass is 10.0. The highest BCUT2D eigenvalue weighted by Gasteiger charge is 2.11. The number of hydrogen-bond acceptors (Lipinski definition) is 3. The van der Waals surface area contributed by atoms with Crippen LogP contribution >= 0.6 is 0 Å². The Morgan fingerprint density at radius 1 is 0.783 bits per heavy atom. The maximum atomic E-state index is 12.3. The molecule has 2 amide bonds. The van der Waals surface area contributed by atoms with Crippen molar-refractivity contribution >= 4 is 17.6 Å². The lowest BCUT2D eigenvalue weighted by Crippen LogP contribution is -2.36. The van der Waals surface area contributed by atoms with Gasteiger partial charge in [0.25, 0.3) is 5.91 Å². The maximum absolute atomic E-state index is 12.3. The van der Waals surface area contributed by atoms with Crippen LogP contribution in [0, 0.1) is 0 Å². The number of hydrogen-bond donors (Lipinski definition) is 2. The predicted molar refractivity (Wildman–Crippen MR) is 87.3 cm³/mol. The normalized spacial score (nSPS) is 9.96. The highest BCUT2D eigenvalue weighted by atomic mass is 16.2. The predicted octanol–water partition coefficient (Wildman–Crippen LogP) is 1.78. The van der Waals surface area contributed by atoms with Crippen LogP contribution in [0.2, 0.25) is 0 Å². The van der Waals surface area contributed by atoms with Crippen molar-refractivity contribution in [1.29, 1.82) is 0 Å². The molecule has 5 heteroatoms. The van der Waals surface area contributed by atoms with E-state index in [9.17, 15) is 14.4 Å². The van der Waals surface area contributed by atoms with Crippen molar-refractivity contribution in [1.82, 2.24) is 10.6 Å². The fourth-order valence-corrected chi connectivity index (χ4v) is 2.05. The molecule has 118 valence electrons. The van der Waals surface area contributed by atoms with E-state index < -0.39 is 0 Å². The van der Waals surface area contributed by atoms with Crippen molar-refractivity contribution in [2.75, 3.05) is 13.1 Å². The SMILES string of the molecule is CCNC(=O)CNC(=O)c1ccc(C(=O)c2ccccc2)cc1. The minimum absolute atomic E-state index is 0.0721. The van der Waals surface area contributed by atoms with Gasteiger partial charge in [0, 0.05) is 23.2 Å². The quantitative estimate of drug-likeness (QED) is 0.799. The number of nitrogens with one attached hydrogen (secondary N) is 2. The third kappa shape index (κ3) is 4.51. The molecule has 0 heterocycles. The Morgan fingerprint density at radius 3 is 1.96 bits per heavy atom. The lowest BCUT2D eigenvalue weighted by Gasteiger charge is -2.06. The molecule has 0 unspecified atom stereocenters. The molecule has 0 radical (unpaired) electrons. The summed E-state index contributed by atoms with van der Waals surface area (Å²) in [6, 6.07) is 15.3. The molecule has 0 aliphatic rings. The van der Waals surface area contributed by atoms with Crippen molar-refractivity contribution in [3.8, 4) is 0 Å². The average molecular weight is 310 g/mol. The largest absolute Gasteiger partial charge is 0.355 e. The summed E-state index contributed by atoms with van der Waals surface area (Å²) in [7, 11) is 0. The molecule has 5 nitrogen and oxygen atoms in total. The van der Waals surface area contributed by atoms with E-state index in [4.69, 9.17) is 0 Å². The van der Waals surface area contributed by atoms with Gasteiger partial charge in [0.15, 0.2) is 5.78 Å². The van der Waals surface area contributed by atoms with Gasteiger partial charge in [-0.25, -0.2) is 0 Å². The van der Waals surface area contributed by atoms with Crippen molar-refractivity contribution in [3.63, 3.8) is 0 Å². The number of benzene rings is 2. The lowest BCUT2D eigenvalue weighted by molar-refractivity contribution is -0.120. The zero-order valence-corrected chi connectivity index (χ0v) is 12.8. The van der Waals surface area contributed by atoms with Gasteiger partial charge < -0.3 is 10.6 Å². The molecule has 0 atom stereocenters. The number of carbonyl (C=O) groups is 3. The van der Waals surface area contributed by atoms with Gasteiger partial charge in [-0.1, -0.05) is 42.5 Å². The molecule has 0 aliphatic heterocycles. The van der Waals surface area contributed by atoms with Gasteiger partial charge in [-0.05, 0) is 19.1 Å². The summed E-state index contributed by atoms with van der Waals surface area (Å²) < 4.78 is 0. The first-order valence-corrected chi connectivity index (χ1v) is 7.36. The van der Waals surface area contributed by atoms with E-state index >= 15 is 0 Å². The van der Waals surface area contributed by atoms with Crippen LogP contribution in [-0.4, -0.2) is 30.7 Å². The highest BCUT2D eigenvalue weighted by molar-refractivity contribution is 6.09. The number of likely N-dealkylation sites (N-methyl/N-ethyl adjacent to an activating group) is 1. The molecule has 0 aliphatic carbocycles. The van der Waals surface area contributed by atoms with Crippen molar-refractivity contribution in [3.05, 3.63) is 71.3 Å². The first-order chi connectivity index (χ1) is 11.1. The summed E-state index contributed by atoms with van der Waals surface area (Å²) >= 11 is 0. The third-order valence-corrected chi connectivity index (χ3v) is 3.23. The van der Waals surface area contributed by atoms with Crippen LogP contribution in [0.4, 0.5) is 0 Å². The first-order valence-electron chi connectivity index (χ1n) is 7.36. The van der Waals surface area contributed by atoms with E-state index in [1.54, 1.807) is 48.5 Å². The second kappa shape index (κ2) is 7.89. The Morgan fingerprint density at radius 2 is 1.35 bits per heavy atom. The van der Waals surface area contributed by atoms with Gasteiger partial charge in [-0.2, -0.15) is 0 Å². The molecule has 2 aromatic rings. The van der Waals surface area contributed by atoms with Crippen molar-refractivity contribution < 1.29 is 14.4 Å². The van der Waals surface area contributed by atoms with Crippen LogP contribution in [0.1, 0.15) is 33.2 Å². The zero-order valence-electron chi connectivity index (χ0n) is 12.8. The standard InChI is InChI=1S/C18H18N2O3/c1-2-19-16(21)12-20-18(23)15-10-8-14(9-11-15)17(22)13-6-4-3-5-7-13/h3-11H,2,12H2,1H3,(H,19,21)(H,20,23). The van der Waals surface area contributed by atoms with Gasteiger partial charge in [-0.3, -0.25) is 14.4 Å². The van der Waals surface area contributed by atoms with Gasteiger partial charge in [-0.15, -0.1) is 0 Å². The molecular weight excluding hydrogens is 292 g/mol. The van der Waals surface area contributed by atoms with Crippen LogP contribution in [-0.2, 0) is 4.79 Å². The molecule has 0 bridgehead atoms. The Bertz CT molecular complexity index is 694. The third-order valence-electron chi connectivity index (χ3n) is 3.23. The van der Waals surface area contributed by atoms with Gasteiger partial charge >= 0.3 is 0 Å². The molecule has 2 rings (SSSR count). The number of rotatable bonds is 6. The Hall–Kier alpha value is -2.95. The highest BCUT2D eigenvalue weighted by Crippen LogP contribution is 2.11. The summed E-state index contributed by atoms with van der Waals surface area (Å²) in [6.45, 7) is 2.25. The van der Waals surface area contributed by atoms with Gasteiger partial charge in [0.05, 0.1) is 6.54 Å². The van der Waals surface area contributed by atoms with Gasteiger partial charge in [0.2, 0.25) is 5.91 Å². The monoisotopic (exact) mass is 310 g/mol. The molecule has 0 spiro atoms.